The fourth-order valence-electron chi connectivity index (χ4n) is 1.57. The first-order chi connectivity index (χ1) is 9.37. The van der Waals surface area contributed by atoms with E-state index in [1.807, 2.05) is 64.1 Å². The van der Waals surface area contributed by atoms with Crippen LogP contribution in [0.3, 0.4) is 0 Å². The van der Waals surface area contributed by atoms with Crippen LogP contribution in [0.5, 0.6) is 0 Å². The van der Waals surface area contributed by atoms with E-state index in [4.69, 9.17) is 9.47 Å². The van der Waals surface area contributed by atoms with E-state index >= 15 is 0 Å². The number of rotatable bonds is 6. The molecule has 1 atom stereocenters. The topological polar surface area (TPSA) is 35.5 Å². The van der Waals surface area contributed by atoms with Gasteiger partial charge in [-0.2, -0.15) is 0 Å². The Hall–Kier alpha value is -1.61. The van der Waals surface area contributed by atoms with Crippen molar-refractivity contribution in [2.45, 2.75) is 39.9 Å². The number of esters is 1. The molecule has 0 amide bonds. The van der Waals surface area contributed by atoms with E-state index < -0.39 is 5.60 Å². The Balaban J connectivity index is 2.26. The Bertz CT molecular complexity index is 429. The maximum absolute atomic E-state index is 11.5. The van der Waals surface area contributed by atoms with E-state index in [1.165, 1.54) is 6.08 Å². The fraction of sp³-hybridized carbons (Fsp3) is 0.471. The van der Waals surface area contributed by atoms with Gasteiger partial charge in [-0.1, -0.05) is 43.3 Å². The predicted octanol–water partition coefficient (Wildman–Crippen LogP) is 3.74. The number of carbonyl (C=O) groups excluding carboxylic acids is 1. The molecular formula is C17H24O3. The van der Waals surface area contributed by atoms with Crippen LogP contribution in [0.4, 0.5) is 0 Å². The van der Waals surface area contributed by atoms with Crippen LogP contribution in [0.2, 0.25) is 0 Å². The minimum atomic E-state index is -0.450. The fourth-order valence-corrected chi connectivity index (χ4v) is 1.57. The van der Waals surface area contributed by atoms with Crippen molar-refractivity contribution in [3.63, 3.8) is 0 Å². The normalized spacial score (nSPS) is 13.4. The molecule has 0 aliphatic carbocycles. The summed E-state index contributed by atoms with van der Waals surface area (Å²) in [6.45, 7) is 8.73. The third-order valence-corrected chi connectivity index (χ3v) is 2.46. The summed E-state index contributed by atoms with van der Waals surface area (Å²) in [7, 11) is 0. The summed E-state index contributed by atoms with van der Waals surface area (Å²) in [6.07, 6.45) is 3.29. The Labute approximate surface area is 121 Å². The van der Waals surface area contributed by atoms with Crippen molar-refractivity contribution >= 4 is 5.97 Å². The number of hydrogen-bond acceptors (Lipinski definition) is 3. The van der Waals surface area contributed by atoms with Crippen LogP contribution in [0, 0.1) is 5.92 Å². The first-order valence-electron chi connectivity index (χ1n) is 6.89. The summed E-state index contributed by atoms with van der Waals surface area (Å²) >= 11 is 0. The molecule has 0 bridgehead atoms. The van der Waals surface area contributed by atoms with Crippen molar-refractivity contribution in [1.82, 2.24) is 0 Å². The van der Waals surface area contributed by atoms with Gasteiger partial charge in [0, 0.05) is 6.08 Å². The van der Waals surface area contributed by atoms with E-state index in [2.05, 4.69) is 0 Å². The average molecular weight is 276 g/mol. The molecule has 0 heterocycles. The van der Waals surface area contributed by atoms with E-state index in [9.17, 15) is 4.79 Å². The quantitative estimate of drug-likeness (QED) is 0.586. The highest BCUT2D eigenvalue weighted by atomic mass is 16.6. The molecular weight excluding hydrogens is 252 g/mol. The minimum absolute atomic E-state index is 0.172. The third kappa shape index (κ3) is 7.74. The molecule has 0 radical (unpaired) electrons. The maximum atomic E-state index is 11.5. The second-order valence-corrected chi connectivity index (χ2v) is 5.87. The first kappa shape index (κ1) is 16.4. The molecule has 0 aromatic heterocycles. The molecule has 3 heteroatoms. The molecule has 0 fully saturated rings. The van der Waals surface area contributed by atoms with Gasteiger partial charge < -0.3 is 9.47 Å². The average Bonchev–Trinajstić information content (AvgIpc) is 2.36. The van der Waals surface area contributed by atoms with Gasteiger partial charge in [-0.05, 0) is 32.3 Å². The van der Waals surface area contributed by atoms with Crippen molar-refractivity contribution in [2.24, 2.45) is 5.92 Å². The number of ether oxygens (including phenoxy) is 2. The molecule has 0 aliphatic heterocycles. The van der Waals surface area contributed by atoms with Gasteiger partial charge >= 0.3 is 5.97 Å². The lowest BCUT2D eigenvalue weighted by Gasteiger charge is -2.18. The Morgan fingerprint density at radius 1 is 1.25 bits per heavy atom. The minimum Gasteiger partial charge on any atom is -0.457 e. The standard InChI is InChI=1S/C17H24O3/c1-14(10-11-16(18)20-17(2,3)4)12-19-13-15-8-6-5-7-9-15/h5-11,14H,12-13H2,1-4H3/b11-10+/t14-/m1/s1. The summed E-state index contributed by atoms with van der Waals surface area (Å²) in [5, 5.41) is 0. The van der Waals surface area contributed by atoms with E-state index in [0.29, 0.717) is 13.2 Å². The third-order valence-electron chi connectivity index (χ3n) is 2.46. The molecule has 0 unspecified atom stereocenters. The van der Waals surface area contributed by atoms with Crippen LogP contribution in [-0.2, 0) is 20.9 Å². The molecule has 0 spiro atoms. The van der Waals surface area contributed by atoms with Gasteiger partial charge in [0.05, 0.1) is 13.2 Å². The zero-order valence-corrected chi connectivity index (χ0v) is 12.8. The van der Waals surface area contributed by atoms with Crippen LogP contribution >= 0.6 is 0 Å². The maximum Gasteiger partial charge on any atom is 0.330 e. The molecule has 1 aromatic carbocycles. The Kier molecular flexibility index (Phi) is 6.46. The molecule has 1 rings (SSSR count). The smallest absolute Gasteiger partial charge is 0.330 e. The summed E-state index contributed by atoms with van der Waals surface area (Å²) < 4.78 is 10.8. The van der Waals surface area contributed by atoms with E-state index in [-0.39, 0.29) is 11.9 Å². The highest BCUT2D eigenvalue weighted by molar-refractivity contribution is 5.82. The molecule has 0 saturated carbocycles. The molecule has 20 heavy (non-hydrogen) atoms. The SMILES string of the molecule is C[C@H](/C=C/C(=O)OC(C)(C)C)COCc1ccccc1. The molecule has 0 aliphatic rings. The van der Waals surface area contributed by atoms with Crippen molar-refractivity contribution in [3.05, 3.63) is 48.0 Å². The molecule has 1 aromatic rings. The van der Waals surface area contributed by atoms with Gasteiger partial charge in [0.2, 0.25) is 0 Å². The summed E-state index contributed by atoms with van der Waals surface area (Å²) in [5.41, 5.74) is 0.699. The van der Waals surface area contributed by atoms with Crippen molar-refractivity contribution < 1.29 is 14.3 Å². The number of carbonyl (C=O) groups is 1. The molecule has 110 valence electrons. The van der Waals surface area contributed by atoms with Crippen molar-refractivity contribution in [1.29, 1.82) is 0 Å². The first-order valence-corrected chi connectivity index (χ1v) is 6.89. The second kappa shape index (κ2) is 7.85. The van der Waals surface area contributed by atoms with Gasteiger partial charge in [0.15, 0.2) is 0 Å². The van der Waals surface area contributed by atoms with Gasteiger partial charge in [-0.3, -0.25) is 0 Å². The lowest BCUT2D eigenvalue weighted by molar-refractivity contribution is -0.148. The van der Waals surface area contributed by atoms with Gasteiger partial charge in [0.1, 0.15) is 5.60 Å². The van der Waals surface area contributed by atoms with Gasteiger partial charge in [-0.15, -0.1) is 0 Å². The molecule has 0 N–H and O–H groups in total. The monoisotopic (exact) mass is 276 g/mol. The second-order valence-electron chi connectivity index (χ2n) is 5.87. The number of benzene rings is 1. The summed E-state index contributed by atoms with van der Waals surface area (Å²) in [4.78, 5) is 11.5. The highest BCUT2D eigenvalue weighted by Crippen LogP contribution is 2.08. The molecule has 0 saturated heterocycles. The zero-order chi connectivity index (χ0) is 15.0. The Morgan fingerprint density at radius 2 is 1.90 bits per heavy atom. The zero-order valence-electron chi connectivity index (χ0n) is 12.8. The summed E-state index contributed by atoms with van der Waals surface area (Å²) in [5.74, 6) is -0.140. The van der Waals surface area contributed by atoms with E-state index in [0.717, 1.165) is 5.56 Å². The van der Waals surface area contributed by atoms with Crippen LogP contribution in [0.15, 0.2) is 42.5 Å². The summed E-state index contributed by atoms with van der Waals surface area (Å²) in [6, 6.07) is 10.0. The van der Waals surface area contributed by atoms with Gasteiger partial charge in [0.25, 0.3) is 0 Å². The van der Waals surface area contributed by atoms with Crippen LogP contribution < -0.4 is 0 Å². The van der Waals surface area contributed by atoms with Crippen LogP contribution in [-0.4, -0.2) is 18.2 Å². The molecule has 3 nitrogen and oxygen atoms in total. The lowest BCUT2D eigenvalue weighted by atomic mass is 10.1. The number of hydrogen-bond donors (Lipinski definition) is 0. The predicted molar refractivity (Wildman–Crippen MR) is 80.2 cm³/mol. The lowest BCUT2D eigenvalue weighted by Crippen LogP contribution is -2.22. The van der Waals surface area contributed by atoms with Crippen molar-refractivity contribution in [2.75, 3.05) is 6.61 Å². The van der Waals surface area contributed by atoms with Crippen LogP contribution in [0.1, 0.15) is 33.3 Å². The largest absolute Gasteiger partial charge is 0.457 e. The Morgan fingerprint density at radius 3 is 2.50 bits per heavy atom. The van der Waals surface area contributed by atoms with Crippen LogP contribution in [0.25, 0.3) is 0 Å². The highest BCUT2D eigenvalue weighted by Gasteiger charge is 2.14. The van der Waals surface area contributed by atoms with Crippen molar-refractivity contribution in [3.8, 4) is 0 Å². The van der Waals surface area contributed by atoms with E-state index in [1.54, 1.807) is 0 Å². The van der Waals surface area contributed by atoms with Gasteiger partial charge in [-0.25, -0.2) is 4.79 Å².